The van der Waals surface area contributed by atoms with E-state index in [1.54, 1.807) is 7.11 Å². The smallest absolute Gasteiger partial charge is 0.273 e. The molecule has 7 nitrogen and oxygen atoms in total. The van der Waals surface area contributed by atoms with E-state index in [1.165, 1.54) is 0 Å². The van der Waals surface area contributed by atoms with Crippen molar-refractivity contribution in [2.75, 3.05) is 26.9 Å². The number of aromatic nitrogens is 2. The van der Waals surface area contributed by atoms with Gasteiger partial charge in [-0.15, -0.1) is 0 Å². The molecule has 2 unspecified atom stereocenters. The van der Waals surface area contributed by atoms with Gasteiger partial charge in [0, 0.05) is 24.3 Å². The lowest BCUT2D eigenvalue weighted by Crippen LogP contribution is -2.36. The van der Waals surface area contributed by atoms with E-state index in [0.717, 1.165) is 41.8 Å². The van der Waals surface area contributed by atoms with Crippen LogP contribution < -0.4 is 9.47 Å². The van der Waals surface area contributed by atoms with Crippen molar-refractivity contribution in [2.24, 2.45) is 0 Å². The summed E-state index contributed by atoms with van der Waals surface area (Å²) < 4.78 is 17.2. The Hall–Kier alpha value is -3.32. The minimum absolute atomic E-state index is 0.0446. The molecule has 2 aliphatic heterocycles. The van der Waals surface area contributed by atoms with E-state index in [1.807, 2.05) is 60.4 Å². The molecule has 1 aromatic heterocycles. The molecule has 2 aromatic carbocycles. The molecular formula is C25H27N3O4. The van der Waals surface area contributed by atoms with Crippen LogP contribution in [0, 0.1) is 0 Å². The second kappa shape index (κ2) is 8.67. The maximum Gasteiger partial charge on any atom is 0.273 e. The van der Waals surface area contributed by atoms with Gasteiger partial charge in [0.25, 0.3) is 5.91 Å². The third kappa shape index (κ3) is 3.52. The number of carbonyl (C=O) groups excluding carboxylic acids is 1. The number of rotatable bonds is 7. The Morgan fingerprint density at radius 2 is 2.03 bits per heavy atom. The number of fused-ring (bicyclic) bond motifs is 1. The monoisotopic (exact) mass is 433 g/mol. The zero-order chi connectivity index (χ0) is 22.1. The fraction of sp³-hybridized carbons (Fsp3) is 0.360. The van der Waals surface area contributed by atoms with E-state index < -0.39 is 0 Å². The van der Waals surface area contributed by atoms with E-state index in [2.05, 4.69) is 10.2 Å². The van der Waals surface area contributed by atoms with Crippen molar-refractivity contribution in [3.63, 3.8) is 0 Å². The van der Waals surface area contributed by atoms with Gasteiger partial charge in [-0.25, -0.2) is 0 Å². The lowest BCUT2D eigenvalue weighted by atomic mass is 9.95. The Morgan fingerprint density at radius 3 is 2.75 bits per heavy atom. The van der Waals surface area contributed by atoms with Crippen molar-refractivity contribution < 1.29 is 19.0 Å². The topological polar surface area (TPSA) is 76.7 Å². The Labute approximate surface area is 187 Å². The number of benzene rings is 2. The summed E-state index contributed by atoms with van der Waals surface area (Å²) in [6.07, 6.45) is 2.03. The van der Waals surface area contributed by atoms with Crippen LogP contribution in [0.5, 0.6) is 11.5 Å². The summed E-state index contributed by atoms with van der Waals surface area (Å²) >= 11 is 0. The summed E-state index contributed by atoms with van der Waals surface area (Å²) in [5, 5.41) is 7.54. The summed E-state index contributed by atoms with van der Waals surface area (Å²) in [6.45, 7) is 3.77. The number of methoxy groups -OCH3 is 1. The Kier molecular flexibility index (Phi) is 5.57. The van der Waals surface area contributed by atoms with Gasteiger partial charge in [-0.2, -0.15) is 5.10 Å². The van der Waals surface area contributed by atoms with Gasteiger partial charge in [0.1, 0.15) is 5.69 Å². The molecule has 0 spiro atoms. The fourth-order valence-corrected chi connectivity index (χ4v) is 4.68. The second-order valence-corrected chi connectivity index (χ2v) is 8.07. The molecule has 1 N–H and O–H groups in total. The molecule has 0 bridgehead atoms. The van der Waals surface area contributed by atoms with Crippen molar-refractivity contribution in [1.82, 2.24) is 15.1 Å². The van der Waals surface area contributed by atoms with Crippen molar-refractivity contribution in [3.8, 4) is 22.8 Å². The van der Waals surface area contributed by atoms with Gasteiger partial charge < -0.3 is 19.1 Å². The first-order valence-corrected chi connectivity index (χ1v) is 11.1. The van der Waals surface area contributed by atoms with Crippen molar-refractivity contribution in [1.29, 1.82) is 0 Å². The number of aromatic amines is 1. The number of hydrogen-bond acceptors (Lipinski definition) is 5. The zero-order valence-electron chi connectivity index (χ0n) is 18.3. The van der Waals surface area contributed by atoms with Gasteiger partial charge in [-0.3, -0.25) is 9.89 Å². The van der Waals surface area contributed by atoms with Crippen LogP contribution in [0.1, 0.15) is 47.4 Å². The molecule has 2 aliphatic rings. The second-order valence-electron chi connectivity index (χ2n) is 8.07. The molecule has 1 fully saturated rings. The van der Waals surface area contributed by atoms with Crippen LogP contribution >= 0.6 is 0 Å². The molecule has 0 radical (unpaired) electrons. The summed E-state index contributed by atoms with van der Waals surface area (Å²) in [4.78, 5) is 15.4. The van der Waals surface area contributed by atoms with Gasteiger partial charge in [-0.1, -0.05) is 36.4 Å². The number of H-pyrrole nitrogens is 1. The molecule has 2 atom stereocenters. The third-order valence-corrected chi connectivity index (χ3v) is 6.14. The van der Waals surface area contributed by atoms with Gasteiger partial charge in [-0.05, 0) is 37.5 Å². The van der Waals surface area contributed by atoms with Crippen LogP contribution in [0.3, 0.4) is 0 Å². The predicted octanol–water partition coefficient (Wildman–Crippen LogP) is 4.21. The van der Waals surface area contributed by atoms with Gasteiger partial charge >= 0.3 is 0 Å². The van der Waals surface area contributed by atoms with Crippen LogP contribution in [0.4, 0.5) is 0 Å². The van der Waals surface area contributed by atoms with Crippen molar-refractivity contribution in [3.05, 3.63) is 65.4 Å². The molecule has 5 rings (SSSR count). The number of carbonyl (C=O) groups is 1. The highest BCUT2D eigenvalue weighted by atomic mass is 16.5. The fourth-order valence-electron chi connectivity index (χ4n) is 4.68. The van der Waals surface area contributed by atoms with Gasteiger partial charge in [0.2, 0.25) is 0 Å². The molecule has 3 aromatic rings. The normalized spacial score (nSPS) is 19.9. The largest absolute Gasteiger partial charge is 0.493 e. The highest BCUT2D eigenvalue weighted by Crippen LogP contribution is 2.45. The van der Waals surface area contributed by atoms with E-state index in [4.69, 9.17) is 14.2 Å². The van der Waals surface area contributed by atoms with Crippen LogP contribution in [0.15, 0.2) is 48.5 Å². The highest BCUT2D eigenvalue weighted by Gasteiger charge is 2.43. The first-order chi connectivity index (χ1) is 15.7. The van der Waals surface area contributed by atoms with Gasteiger partial charge in [0.15, 0.2) is 11.5 Å². The first kappa shape index (κ1) is 20.6. The number of hydrogen-bond donors (Lipinski definition) is 1. The molecule has 3 heterocycles. The minimum atomic E-state index is -0.291. The Morgan fingerprint density at radius 1 is 1.19 bits per heavy atom. The average Bonchev–Trinajstić information content (AvgIpc) is 3.55. The maximum atomic E-state index is 13.5. The van der Waals surface area contributed by atoms with Crippen LogP contribution in [-0.4, -0.2) is 54.0 Å². The molecular weight excluding hydrogens is 406 g/mol. The van der Waals surface area contributed by atoms with E-state index in [-0.39, 0.29) is 18.1 Å². The summed E-state index contributed by atoms with van der Waals surface area (Å²) in [5.74, 6) is 1.28. The highest BCUT2D eigenvalue weighted by molar-refractivity contribution is 6.00. The lowest BCUT2D eigenvalue weighted by molar-refractivity contribution is 0.0495. The quantitative estimate of drug-likeness (QED) is 0.604. The number of nitrogens with one attached hydrogen (secondary N) is 1. The predicted molar refractivity (Wildman–Crippen MR) is 120 cm³/mol. The Bertz CT molecular complexity index is 1110. The number of ether oxygens (including phenoxy) is 3. The number of nitrogens with zero attached hydrogens (tertiary/aromatic N) is 2. The van der Waals surface area contributed by atoms with Crippen LogP contribution in [0.2, 0.25) is 0 Å². The van der Waals surface area contributed by atoms with E-state index in [0.29, 0.717) is 30.3 Å². The van der Waals surface area contributed by atoms with Crippen LogP contribution in [0.25, 0.3) is 11.3 Å². The van der Waals surface area contributed by atoms with E-state index >= 15 is 0 Å². The molecule has 1 amide bonds. The molecule has 32 heavy (non-hydrogen) atoms. The van der Waals surface area contributed by atoms with Crippen molar-refractivity contribution >= 4 is 5.91 Å². The standard InChI is InChI=1S/C25H27N3O4/c1-3-31-19-12-11-17(14-20(19)30-2)24-21-22(16-8-5-4-6-9-16)26-27-23(21)25(29)28(24)15-18-10-7-13-32-18/h4-6,8-9,11-12,14,18,24H,3,7,10,13,15H2,1-2H3,(H,26,27). The molecule has 1 saturated heterocycles. The lowest BCUT2D eigenvalue weighted by Gasteiger charge is -2.29. The van der Waals surface area contributed by atoms with E-state index in [9.17, 15) is 4.79 Å². The Balaban J connectivity index is 1.62. The molecule has 0 saturated carbocycles. The third-order valence-electron chi connectivity index (χ3n) is 6.14. The minimum Gasteiger partial charge on any atom is -0.493 e. The zero-order valence-corrected chi connectivity index (χ0v) is 18.3. The SMILES string of the molecule is CCOc1ccc(C2c3c(-c4ccccc4)n[nH]c3C(=O)N2CC2CCCO2)cc1OC. The molecule has 7 heteroatoms. The summed E-state index contributed by atoms with van der Waals surface area (Å²) in [5.41, 5.74) is 4.15. The summed E-state index contributed by atoms with van der Waals surface area (Å²) in [6, 6.07) is 15.5. The van der Waals surface area contributed by atoms with Crippen molar-refractivity contribution in [2.45, 2.75) is 31.9 Å². The molecule has 0 aliphatic carbocycles. The molecule has 166 valence electrons. The average molecular weight is 434 g/mol. The number of amides is 1. The summed E-state index contributed by atoms with van der Waals surface area (Å²) in [7, 11) is 1.63. The van der Waals surface area contributed by atoms with Crippen LogP contribution in [-0.2, 0) is 4.74 Å². The first-order valence-electron chi connectivity index (χ1n) is 11.1. The maximum absolute atomic E-state index is 13.5. The van der Waals surface area contributed by atoms with Gasteiger partial charge in [0.05, 0.1) is 31.6 Å².